The number of thiophene rings is 1. The van der Waals surface area contributed by atoms with Gasteiger partial charge in [-0.25, -0.2) is 0 Å². The van der Waals surface area contributed by atoms with Crippen molar-refractivity contribution in [3.8, 4) is 0 Å². The molecular weight excluding hydrogens is 288 g/mol. The molecule has 0 aliphatic carbocycles. The molecule has 0 aliphatic heterocycles. The Bertz CT molecular complexity index is 446. The third-order valence-corrected chi connectivity index (χ3v) is 4.16. The SMILES string of the molecule is CC(C)N(CCCC(=O)O)CC(=O)N(C)Cc1cccs1. The Morgan fingerprint density at radius 2 is 2.10 bits per heavy atom. The summed E-state index contributed by atoms with van der Waals surface area (Å²) in [4.78, 5) is 27.7. The Morgan fingerprint density at radius 3 is 2.62 bits per heavy atom. The van der Waals surface area contributed by atoms with Crippen LogP contribution in [0.15, 0.2) is 17.5 Å². The molecule has 1 aromatic rings. The number of carboxylic acid groups (broad SMARTS) is 1. The van der Waals surface area contributed by atoms with E-state index in [9.17, 15) is 9.59 Å². The molecule has 0 radical (unpaired) electrons. The number of carbonyl (C=O) groups excluding carboxylic acids is 1. The summed E-state index contributed by atoms with van der Waals surface area (Å²) in [5.74, 6) is -0.729. The number of hydrogen-bond acceptors (Lipinski definition) is 4. The third-order valence-electron chi connectivity index (χ3n) is 3.30. The average molecular weight is 312 g/mol. The Kier molecular flexibility index (Phi) is 7.39. The molecular formula is C15H24N2O3S. The zero-order valence-corrected chi connectivity index (χ0v) is 13.7. The molecule has 1 N–H and O–H groups in total. The van der Waals surface area contributed by atoms with Crippen molar-refractivity contribution in [2.45, 2.75) is 39.3 Å². The largest absolute Gasteiger partial charge is 0.481 e. The van der Waals surface area contributed by atoms with Crippen LogP contribution >= 0.6 is 11.3 Å². The van der Waals surface area contributed by atoms with Crippen molar-refractivity contribution < 1.29 is 14.7 Å². The van der Waals surface area contributed by atoms with Gasteiger partial charge in [-0.3, -0.25) is 14.5 Å². The van der Waals surface area contributed by atoms with Gasteiger partial charge < -0.3 is 10.0 Å². The summed E-state index contributed by atoms with van der Waals surface area (Å²) >= 11 is 1.64. The van der Waals surface area contributed by atoms with Crippen LogP contribution in [0.3, 0.4) is 0 Å². The number of hydrogen-bond donors (Lipinski definition) is 1. The van der Waals surface area contributed by atoms with Crippen molar-refractivity contribution >= 4 is 23.2 Å². The lowest BCUT2D eigenvalue weighted by molar-refractivity contribution is -0.137. The summed E-state index contributed by atoms with van der Waals surface area (Å²) in [6.45, 7) is 5.62. The summed E-state index contributed by atoms with van der Waals surface area (Å²) in [5.41, 5.74) is 0. The van der Waals surface area contributed by atoms with Crippen LogP contribution in [0, 0.1) is 0 Å². The first-order valence-corrected chi connectivity index (χ1v) is 8.00. The molecule has 1 amide bonds. The second kappa shape index (κ2) is 8.79. The summed E-state index contributed by atoms with van der Waals surface area (Å²) in [6, 6.07) is 4.21. The van der Waals surface area contributed by atoms with E-state index in [1.54, 1.807) is 23.3 Å². The van der Waals surface area contributed by atoms with E-state index in [4.69, 9.17) is 5.11 Å². The number of nitrogens with zero attached hydrogens (tertiary/aromatic N) is 2. The Hall–Kier alpha value is -1.40. The van der Waals surface area contributed by atoms with Gasteiger partial charge in [0.2, 0.25) is 5.91 Å². The normalized spacial score (nSPS) is 11.1. The van der Waals surface area contributed by atoms with Gasteiger partial charge in [0.1, 0.15) is 0 Å². The number of likely N-dealkylation sites (N-methyl/N-ethyl adjacent to an activating group) is 1. The molecule has 0 fully saturated rings. The lowest BCUT2D eigenvalue weighted by Gasteiger charge is -2.28. The van der Waals surface area contributed by atoms with Gasteiger partial charge in [0.15, 0.2) is 0 Å². The van der Waals surface area contributed by atoms with Gasteiger partial charge in [-0.15, -0.1) is 11.3 Å². The number of carbonyl (C=O) groups is 2. The molecule has 0 aromatic carbocycles. The lowest BCUT2D eigenvalue weighted by Crippen LogP contribution is -2.41. The van der Waals surface area contributed by atoms with Crippen LogP contribution in [0.1, 0.15) is 31.6 Å². The topological polar surface area (TPSA) is 60.9 Å². The highest BCUT2D eigenvalue weighted by Gasteiger charge is 2.17. The summed E-state index contributed by atoms with van der Waals surface area (Å²) in [6.07, 6.45) is 0.706. The fourth-order valence-corrected chi connectivity index (χ4v) is 2.73. The van der Waals surface area contributed by atoms with Crippen LogP contribution in [0.4, 0.5) is 0 Å². The van der Waals surface area contributed by atoms with Crippen LogP contribution in [0.25, 0.3) is 0 Å². The minimum atomic E-state index is -0.792. The monoisotopic (exact) mass is 312 g/mol. The number of rotatable bonds is 9. The molecule has 1 aromatic heterocycles. The summed E-state index contributed by atoms with van der Waals surface area (Å²) in [7, 11) is 1.80. The molecule has 0 saturated carbocycles. The van der Waals surface area contributed by atoms with E-state index in [0.29, 0.717) is 26.1 Å². The molecule has 1 heterocycles. The Balaban J connectivity index is 2.45. The molecule has 0 spiro atoms. The highest BCUT2D eigenvalue weighted by molar-refractivity contribution is 7.09. The molecule has 0 bridgehead atoms. The van der Waals surface area contributed by atoms with Crippen LogP contribution in [-0.4, -0.2) is 53.0 Å². The van der Waals surface area contributed by atoms with Crippen molar-refractivity contribution in [1.29, 1.82) is 0 Å². The van der Waals surface area contributed by atoms with Gasteiger partial charge in [-0.2, -0.15) is 0 Å². The van der Waals surface area contributed by atoms with Crippen molar-refractivity contribution in [3.63, 3.8) is 0 Å². The number of amides is 1. The van der Waals surface area contributed by atoms with E-state index in [2.05, 4.69) is 0 Å². The van der Waals surface area contributed by atoms with Crippen LogP contribution in [0.2, 0.25) is 0 Å². The number of aliphatic carboxylic acids is 1. The molecule has 1 rings (SSSR count). The van der Waals surface area contributed by atoms with E-state index in [-0.39, 0.29) is 18.4 Å². The fraction of sp³-hybridized carbons (Fsp3) is 0.600. The molecule has 118 valence electrons. The summed E-state index contributed by atoms with van der Waals surface area (Å²) in [5, 5.41) is 10.7. The van der Waals surface area contributed by atoms with Crippen molar-refractivity contribution in [1.82, 2.24) is 9.80 Å². The maximum absolute atomic E-state index is 12.3. The maximum Gasteiger partial charge on any atom is 0.303 e. The van der Waals surface area contributed by atoms with Crippen LogP contribution in [-0.2, 0) is 16.1 Å². The quantitative estimate of drug-likeness (QED) is 0.760. The first kappa shape index (κ1) is 17.7. The molecule has 6 heteroatoms. The standard InChI is InChI=1S/C15H24N2O3S/c1-12(2)17(8-4-7-15(19)20)11-14(18)16(3)10-13-6-5-9-21-13/h5-6,9,12H,4,7-8,10-11H2,1-3H3,(H,19,20). The number of carboxylic acids is 1. The van der Waals surface area contributed by atoms with E-state index in [1.807, 2.05) is 36.3 Å². The highest BCUT2D eigenvalue weighted by Crippen LogP contribution is 2.11. The highest BCUT2D eigenvalue weighted by atomic mass is 32.1. The van der Waals surface area contributed by atoms with Gasteiger partial charge in [0.05, 0.1) is 13.1 Å². The van der Waals surface area contributed by atoms with Crippen molar-refractivity contribution in [3.05, 3.63) is 22.4 Å². The van der Waals surface area contributed by atoms with Gasteiger partial charge in [-0.1, -0.05) is 6.07 Å². The van der Waals surface area contributed by atoms with Gasteiger partial charge in [-0.05, 0) is 38.3 Å². The Morgan fingerprint density at radius 1 is 1.38 bits per heavy atom. The summed E-state index contributed by atoms with van der Waals surface area (Å²) < 4.78 is 0. The minimum absolute atomic E-state index is 0.0624. The van der Waals surface area contributed by atoms with E-state index < -0.39 is 5.97 Å². The predicted octanol–water partition coefficient (Wildman–Crippen LogP) is 2.28. The van der Waals surface area contributed by atoms with E-state index >= 15 is 0 Å². The second-order valence-electron chi connectivity index (χ2n) is 5.39. The zero-order valence-electron chi connectivity index (χ0n) is 12.9. The molecule has 0 saturated heterocycles. The average Bonchev–Trinajstić information content (AvgIpc) is 2.89. The maximum atomic E-state index is 12.3. The molecule has 0 unspecified atom stereocenters. The van der Waals surface area contributed by atoms with Gasteiger partial charge in [0.25, 0.3) is 0 Å². The van der Waals surface area contributed by atoms with E-state index in [0.717, 1.165) is 4.88 Å². The van der Waals surface area contributed by atoms with Gasteiger partial charge in [0, 0.05) is 24.4 Å². The van der Waals surface area contributed by atoms with Gasteiger partial charge >= 0.3 is 5.97 Å². The van der Waals surface area contributed by atoms with Crippen molar-refractivity contribution in [2.75, 3.05) is 20.1 Å². The molecule has 0 atom stereocenters. The lowest BCUT2D eigenvalue weighted by atomic mass is 10.2. The predicted molar refractivity (Wildman–Crippen MR) is 84.4 cm³/mol. The molecule has 0 aliphatic rings. The zero-order chi connectivity index (χ0) is 15.8. The van der Waals surface area contributed by atoms with Crippen LogP contribution in [0.5, 0.6) is 0 Å². The third kappa shape index (κ3) is 6.73. The van der Waals surface area contributed by atoms with E-state index in [1.165, 1.54) is 0 Å². The van der Waals surface area contributed by atoms with Crippen molar-refractivity contribution in [2.24, 2.45) is 0 Å². The smallest absolute Gasteiger partial charge is 0.303 e. The first-order chi connectivity index (χ1) is 9.90. The Labute approximate surface area is 130 Å². The van der Waals surface area contributed by atoms with Crippen LogP contribution < -0.4 is 0 Å². The fourth-order valence-electron chi connectivity index (χ4n) is 1.97. The first-order valence-electron chi connectivity index (χ1n) is 7.12. The molecule has 21 heavy (non-hydrogen) atoms. The second-order valence-corrected chi connectivity index (χ2v) is 6.42. The molecule has 5 nitrogen and oxygen atoms in total. The minimum Gasteiger partial charge on any atom is -0.481 e.